The van der Waals surface area contributed by atoms with Crippen molar-refractivity contribution in [2.45, 2.75) is 13.8 Å². The lowest BCUT2D eigenvalue weighted by Crippen LogP contribution is -1.95. The van der Waals surface area contributed by atoms with E-state index in [4.69, 9.17) is 0 Å². The van der Waals surface area contributed by atoms with Crippen molar-refractivity contribution >= 4 is 17.4 Å². The van der Waals surface area contributed by atoms with Crippen LogP contribution < -0.4 is 0 Å². The lowest BCUT2D eigenvalue weighted by Gasteiger charge is -2.04. The molecule has 0 aromatic heterocycles. The second-order valence-corrected chi connectivity index (χ2v) is 4.39. The zero-order valence-electron chi connectivity index (χ0n) is 10.7. The molecule has 2 aromatic rings. The van der Waals surface area contributed by atoms with Gasteiger partial charge in [0, 0.05) is 5.57 Å². The molecule has 0 heterocycles. The molecule has 0 aliphatic carbocycles. The number of rotatable bonds is 3. The fourth-order valence-electron chi connectivity index (χ4n) is 1.84. The van der Waals surface area contributed by atoms with E-state index in [0.717, 1.165) is 16.7 Å². The van der Waals surface area contributed by atoms with Crippen molar-refractivity contribution in [3.8, 4) is 0 Å². The Morgan fingerprint density at radius 2 is 1.56 bits per heavy atom. The summed E-state index contributed by atoms with van der Waals surface area (Å²) in [6.45, 7) is 3.66. The van der Waals surface area contributed by atoms with Gasteiger partial charge in [-0.15, -0.1) is 0 Å². The van der Waals surface area contributed by atoms with Gasteiger partial charge in [0.15, 0.2) is 5.78 Å². The van der Waals surface area contributed by atoms with E-state index in [1.165, 1.54) is 5.56 Å². The number of ketones is 1. The summed E-state index contributed by atoms with van der Waals surface area (Å²) in [5.41, 5.74) is 3.98. The lowest BCUT2D eigenvalue weighted by atomic mass is 9.99. The summed E-state index contributed by atoms with van der Waals surface area (Å²) in [6, 6.07) is 17.9. The number of allylic oxidation sites excluding steroid dienone is 1. The smallest absolute Gasteiger partial charge is 0.160 e. The quantitative estimate of drug-likeness (QED) is 0.578. The summed E-state index contributed by atoms with van der Waals surface area (Å²) in [5, 5.41) is 0. The van der Waals surface area contributed by atoms with Crippen molar-refractivity contribution in [1.82, 2.24) is 0 Å². The molecule has 0 amide bonds. The number of hydrogen-bond acceptors (Lipinski definition) is 1. The van der Waals surface area contributed by atoms with Crippen LogP contribution in [0.15, 0.2) is 54.6 Å². The SMILES string of the molecule is CC(=O)C(=Cc1ccc(C)cc1)c1ccccc1. The van der Waals surface area contributed by atoms with Gasteiger partial charge in [-0.2, -0.15) is 0 Å². The van der Waals surface area contributed by atoms with Crippen LogP contribution >= 0.6 is 0 Å². The van der Waals surface area contributed by atoms with Crippen molar-refractivity contribution in [3.05, 3.63) is 71.3 Å². The highest BCUT2D eigenvalue weighted by atomic mass is 16.1. The van der Waals surface area contributed by atoms with Crippen LogP contribution in [0, 0.1) is 6.92 Å². The highest BCUT2D eigenvalue weighted by molar-refractivity contribution is 6.24. The van der Waals surface area contributed by atoms with Crippen molar-refractivity contribution in [3.63, 3.8) is 0 Å². The van der Waals surface area contributed by atoms with Gasteiger partial charge in [0.25, 0.3) is 0 Å². The summed E-state index contributed by atoms with van der Waals surface area (Å²) in [4.78, 5) is 11.7. The van der Waals surface area contributed by atoms with Crippen LogP contribution in [0.1, 0.15) is 23.6 Å². The molecule has 2 rings (SSSR count). The highest BCUT2D eigenvalue weighted by Crippen LogP contribution is 2.19. The molecule has 18 heavy (non-hydrogen) atoms. The van der Waals surface area contributed by atoms with E-state index in [0.29, 0.717) is 0 Å². The molecule has 0 saturated heterocycles. The molecule has 0 spiro atoms. The molecule has 1 nitrogen and oxygen atoms in total. The van der Waals surface area contributed by atoms with Crippen molar-refractivity contribution < 1.29 is 4.79 Å². The lowest BCUT2D eigenvalue weighted by molar-refractivity contribution is -0.111. The Morgan fingerprint density at radius 3 is 2.11 bits per heavy atom. The third-order valence-electron chi connectivity index (χ3n) is 2.85. The molecule has 0 bridgehead atoms. The van der Waals surface area contributed by atoms with Gasteiger partial charge in [0.2, 0.25) is 0 Å². The fourth-order valence-corrected chi connectivity index (χ4v) is 1.84. The van der Waals surface area contributed by atoms with Gasteiger partial charge in [-0.1, -0.05) is 60.2 Å². The maximum atomic E-state index is 11.7. The summed E-state index contributed by atoms with van der Waals surface area (Å²) in [7, 11) is 0. The summed E-state index contributed by atoms with van der Waals surface area (Å²) in [6.07, 6.45) is 1.94. The summed E-state index contributed by atoms with van der Waals surface area (Å²) >= 11 is 0. The first-order valence-corrected chi connectivity index (χ1v) is 6.01. The summed E-state index contributed by atoms with van der Waals surface area (Å²) in [5.74, 6) is 0.0850. The van der Waals surface area contributed by atoms with Crippen LogP contribution in [0.3, 0.4) is 0 Å². The molecular formula is C17H16O. The second kappa shape index (κ2) is 5.46. The molecule has 1 heteroatoms. The van der Waals surface area contributed by atoms with Gasteiger partial charge in [0.1, 0.15) is 0 Å². The van der Waals surface area contributed by atoms with Gasteiger partial charge < -0.3 is 0 Å². The van der Waals surface area contributed by atoms with Crippen molar-refractivity contribution in [2.75, 3.05) is 0 Å². The van der Waals surface area contributed by atoms with E-state index in [1.54, 1.807) is 6.92 Å². The molecule has 2 aromatic carbocycles. The normalized spacial score (nSPS) is 11.3. The van der Waals surface area contributed by atoms with Crippen LogP contribution in [-0.4, -0.2) is 5.78 Å². The largest absolute Gasteiger partial charge is 0.294 e. The van der Waals surface area contributed by atoms with E-state index in [2.05, 4.69) is 19.1 Å². The molecular weight excluding hydrogens is 220 g/mol. The maximum absolute atomic E-state index is 11.7. The Bertz CT molecular complexity index is 562. The minimum Gasteiger partial charge on any atom is -0.294 e. The van der Waals surface area contributed by atoms with Gasteiger partial charge in [-0.3, -0.25) is 4.79 Å². The van der Waals surface area contributed by atoms with E-state index < -0.39 is 0 Å². The number of carbonyl (C=O) groups is 1. The number of carbonyl (C=O) groups excluding carboxylic acids is 1. The molecule has 0 radical (unpaired) electrons. The first-order chi connectivity index (χ1) is 8.66. The van der Waals surface area contributed by atoms with E-state index in [-0.39, 0.29) is 5.78 Å². The van der Waals surface area contributed by atoms with Gasteiger partial charge in [-0.25, -0.2) is 0 Å². The Labute approximate surface area is 108 Å². The summed E-state index contributed by atoms with van der Waals surface area (Å²) < 4.78 is 0. The predicted molar refractivity (Wildman–Crippen MR) is 76.2 cm³/mol. The average Bonchev–Trinajstić information content (AvgIpc) is 2.38. The van der Waals surface area contributed by atoms with Gasteiger partial charge in [-0.05, 0) is 31.1 Å². The minimum atomic E-state index is 0.0850. The molecule has 0 fully saturated rings. The zero-order chi connectivity index (χ0) is 13.0. The second-order valence-electron chi connectivity index (χ2n) is 4.39. The standard InChI is InChI=1S/C17H16O/c1-13-8-10-15(11-9-13)12-17(14(2)18)16-6-4-3-5-7-16/h3-12H,1-2H3. The first-order valence-electron chi connectivity index (χ1n) is 6.01. The molecule has 0 N–H and O–H groups in total. The minimum absolute atomic E-state index is 0.0850. The molecule has 0 unspecified atom stereocenters. The maximum Gasteiger partial charge on any atom is 0.160 e. The van der Waals surface area contributed by atoms with Crippen molar-refractivity contribution in [2.24, 2.45) is 0 Å². The molecule has 0 saturated carbocycles. The highest BCUT2D eigenvalue weighted by Gasteiger charge is 2.06. The van der Waals surface area contributed by atoms with Crippen molar-refractivity contribution in [1.29, 1.82) is 0 Å². The van der Waals surface area contributed by atoms with Crippen LogP contribution in [-0.2, 0) is 4.79 Å². The van der Waals surface area contributed by atoms with Gasteiger partial charge >= 0.3 is 0 Å². The van der Waals surface area contributed by atoms with E-state index >= 15 is 0 Å². The zero-order valence-corrected chi connectivity index (χ0v) is 10.7. The molecule has 90 valence electrons. The Morgan fingerprint density at radius 1 is 0.944 bits per heavy atom. The first kappa shape index (κ1) is 12.3. The van der Waals surface area contributed by atoms with Crippen LogP contribution in [0.2, 0.25) is 0 Å². The fraction of sp³-hybridized carbons (Fsp3) is 0.118. The van der Waals surface area contributed by atoms with Gasteiger partial charge in [0.05, 0.1) is 0 Å². The average molecular weight is 236 g/mol. The Balaban J connectivity index is 2.43. The van der Waals surface area contributed by atoms with Crippen LogP contribution in [0.5, 0.6) is 0 Å². The monoisotopic (exact) mass is 236 g/mol. The van der Waals surface area contributed by atoms with E-state index in [9.17, 15) is 4.79 Å². The number of aryl methyl sites for hydroxylation is 1. The van der Waals surface area contributed by atoms with E-state index in [1.807, 2.05) is 48.5 Å². The third kappa shape index (κ3) is 2.95. The number of benzene rings is 2. The van der Waals surface area contributed by atoms with Crippen LogP contribution in [0.4, 0.5) is 0 Å². The molecule has 0 aliphatic rings. The Kier molecular flexibility index (Phi) is 3.73. The van der Waals surface area contributed by atoms with Crippen LogP contribution in [0.25, 0.3) is 11.6 Å². The molecule has 0 atom stereocenters. The third-order valence-corrected chi connectivity index (χ3v) is 2.85. The molecule has 0 aliphatic heterocycles. The Hall–Kier alpha value is -2.15. The topological polar surface area (TPSA) is 17.1 Å². The number of hydrogen-bond donors (Lipinski definition) is 0. The number of Topliss-reactive ketones (excluding diaryl/α,β-unsaturated/α-hetero) is 1. The predicted octanol–water partition coefficient (Wildman–Crippen LogP) is 4.12.